The van der Waals surface area contributed by atoms with E-state index in [1.54, 1.807) is 0 Å². The van der Waals surface area contributed by atoms with Crippen LogP contribution in [0.2, 0.25) is 0 Å². The summed E-state index contributed by atoms with van der Waals surface area (Å²) in [5, 5.41) is 0. The number of hydrogen-bond acceptors (Lipinski definition) is 5. The van der Waals surface area contributed by atoms with Gasteiger partial charge in [-0.25, -0.2) is 17.8 Å². The normalized spacial score (nSPS) is 15.4. The number of piperazine rings is 1. The molecular weight excluding hydrogens is 480 g/mol. The lowest BCUT2D eigenvalue weighted by Gasteiger charge is -2.34. The van der Waals surface area contributed by atoms with Gasteiger partial charge in [-0.3, -0.25) is 9.36 Å². The van der Waals surface area contributed by atoms with Gasteiger partial charge in [0.05, 0.1) is 17.4 Å². The van der Waals surface area contributed by atoms with E-state index in [4.69, 9.17) is 0 Å². The average molecular weight is 498 g/mol. The Morgan fingerprint density at radius 3 is 2.15 bits per heavy atom. The Kier molecular flexibility index (Phi) is 6.32. The van der Waals surface area contributed by atoms with Crippen molar-refractivity contribution in [2.45, 2.75) is 11.3 Å². The van der Waals surface area contributed by atoms with E-state index in [9.17, 15) is 30.8 Å². The summed E-state index contributed by atoms with van der Waals surface area (Å²) >= 11 is 0. The Morgan fingerprint density at radius 1 is 0.941 bits per heavy atom. The summed E-state index contributed by atoms with van der Waals surface area (Å²) in [5.74, 6) is -1.32. The highest BCUT2D eigenvalue weighted by atomic mass is 32.2. The van der Waals surface area contributed by atoms with Crippen molar-refractivity contribution in [3.8, 4) is 11.4 Å². The summed E-state index contributed by atoms with van der Waals surface area (Å²) < 4.78 is 82.3. The van der Waals surface area contributed by atoms with Crippen LogP contribution in [0.4, 0.5) is 17.6 Å². The quantitative estimate of drug-likeness (QED) is 0.505. The van der Waals surface area contributed by atoms with Gasteiger partial charge in [0.1, 0.15) is 17.3 Å². The minimum atomic E-state index is -4.88. The summed E-state index contributed by atoms with van der Waals surface area (Å²) in [7, 11) is -3.98. The molecule has 13 heteroatoms. The van der Waals surface area contributed by atoms with Crippen molar-refractivity contribution in [1.29, 1.82) is 0 Å². The van der Waals surface area contributed by atoms with Crippen LogP contribution in [0.5, 0.6) is 5.75 Å². The minimum Gasteiger partial charge on any atom is -0.406 e. The Balaban J connectivity index is 1.43. The van der Waals surface area contributed by atoms with Crippen molar-refractivity contribution in [2.24, 2.45) is 0 Å². The molecule has 0 unspecified atom stereocenters. The number of rotatable bonds is 5. The van der Waals surface area contributed by atoms with Crippen LogP contribution in [0, 0.1) is 5.82 Å². The second kappa shape index (κ2) is 9.06. The first-order valence-electron chi connectivity index (χ1n) is 9.98. The molecule has 34 heavy (non-hydrogen) atoms. The van der Waals surface area contributed by atoms with Gasteiger partial charge >= 0.3 is 6.36 Å². The van der Waals surface area contributed by atoms with Gasteiger partial charge in [-0.2, -0.15) is 4.31 Å². The number of carbonyl (C=O) groups excluding carboxylic acids is 1. The van der Waals surface area contributed by atoms with Crippen LogP contribution < -0.4 is 4.74 Å². The summed E-state index contributed by atoms with van der Waals surface area (Å²) in [4.78, 5) is 18.3. The molecule has 0 spiro atoms. The molecule has 1 saturated heterocycles. The third-order valence-corrected chi connectivity index (χ3v) is 7.10. The van der Waals surface area contributed by atoms with Crippen molar-refractivity contribution in [1.82, 2.24) is 18.8 Å². The number of halogens is 4. The predicted molar refractivity (Wildman–Crippen MR) is 111 cm³/mol. The molecule has 180 valence electrons. The maximum Gasteiger partial charge on any atom is 0.573 e. The molecule has 3 aromatic rings. The Morgan fingerprint density at radius 2 is 1.56 bits per heavy atom. The first-order chi connectivity index (χ1) is 16.0. The number of nitrogens with zero attached hydrogens (tertiary/aromatic N) is 4. The molecule has 0 bridgehead atoms. The predicted octanol–water partition coefficient (Wildman–Crippen LogP) is 3.06. The zero-order valence-corrected chi connectivity index (χ0v) is 18.3. The van der Waals surface area contributed by atoms with E-state index in [2.05, 4.69) is 9.72 Å². The van der Waals surface area contributed by atoms with E-state index < -0.39 is 28.0 Å². The molecule has 8 nitrogen and oxygen atoms in total. The van der Waals surface area contributed by atoms with Crippen LogP contribution in [0.1, 0.15) is 10.5 Å². The van der Waals surface area contributed by atoms with Gasteiger partial charge in [0, 0.05) is 31.9 Å². The van der Waals surface area contributed by atoms with Crippen molar-refractivity contribution in [2.75, 3.05) is 26.2 Å². The average Bonchev–Trinajstić information content (AvgIpc) is 3.28. The lowest BCUT2D eigenvalue weighted by atomic mass is 10.2. The van der Waals surface area contributed by atoms with Gasteiger partial charge in [0.15, 0.2) is 0 Å². The Hall–Kier alpha value is -3.45. The first kappa shape index (κ1) is 23.7. The maximum absolute atomic E-state index is 13.2. The first-order valence-corrected chi connectivity index (χ1v) is 11.4. The van der Waals surface area contributed by atoms with Crippen LogP contribution in [0.3, 0.4) is 0 Å². The van der Waals surface area contributed by atoms with Crippen molar-refractivity contribution in [3.05, 3.63) is 72.6 Å². The van der Waals surface area contributed by atoms with Gasteiger partial charge in [0.25, 0.3) is 5.91 Å². The minimum absolute atomic E-state index is 0.000435. The summed E-state index contributed by atoms with van der Waals surface area (Å²) in [6.45, 7) is 0.197. The van der Waals surface area contributed by atoms with Crippen molar-refractivity contribution < 1.29 is 35.5 Å². The second-order valence-corrected chi connectivity index (χ2v) is 9.28. The zero-order valence-electron chi connectivity index (χ0n) is 17.4. The molecule has 0 N–H and O–H groups in total. The van der Waals surface area contributed by atoms with E-state index in [-0.39, 0.29) is 42.7 Å². The molecule has 4 rings (SSSR count). The van der Waals surface area contributed by atoms with Gasteiger partial charge < -0.3 is 9.64 Å². The molecule has 0 atom stereocenters. The molecule has 1 amide bonds. The molecule has 0 radical (unpaired) electrons. The lowest BCUT2D eigenvalue weighted by molar-refractivity contribution is -0.274. The van der Waals surface area contributed by atoms with Gasteiger partial charge in [-0.1, -0.05) is 0 Å². The number of ether oxygens (including phenoxy) is 1. The standard InChI is InChI=1S/C21H18F4N4O4S/c22-15-1-3-16(4-2-15)29-14-26-13-19(29)20(30)27-9-11-28(12-10-27)34(31,32)18-7-5-17(6-8-18)33-21(23,24)25/h1-8,13-14H,9-12H2. The molecule has 0 aliphatic carbocycles. The van der Waals surface area contributed by atoms with Crippen LogP contribution >= 0.6 is 0 Å². The van der Waals surface area contributed by atoms with Gasteiger partial charge in [-0.15, -0.1) is 13.2 Å². The van der Waals surface area contributed by atoms with Crippen LogP contribution in [0.15, 0.2) is 66.0 Å². The highest BCUT2D eigenvalue weighted by molar-refractivity contribution is 7.89. The third kappa shape index (κ3) is 5.04. The van der Waals surface area contributed by atoms with E-state index >= 15 is 0 Å². The molecular formula is C21H18F4N4O4S. The molecule has 1 aliphatic rings. The highest BCUT2D eigenvalue weighted by Gasteiger charge is 2.33. The zero-order chi connectivity index (χ0) is 24.5. The summed E-state index contributed by atoms with van der Waals surface area (Å²) in [5.41, 5.74) is 0.782. The van der Waals surface area contributed by atoms with Gasteiger partial charge in [-0.05, 0) is 48.5 Å². The SMILES string of the molecule is O=C(c1cncn1-c1ccc(F)cc1)N1CCN(S(=O)(=O)c2ccc(OC(F)(F)F)cc2)CC1. The Bertz CT molecular complexity index is 1270. The fourth-order valence-electron chi connectivity index (χ4n) is 3.52. The molecule has 2 heterocycles. The smallest absolute Gasteiger partial charge is 0.406 e. The third-order valence-electron chi connectivity index (χ3n) is 5.18. The van der Waals surface area contributed by atoms with Crippen molar-refractivity contribution >= 4 is 15.9 Å². The molecule has 1 aliphatic heterocycles. The van der Waals surface area contributed by atoms with Crippen LogP contribution in [-0.4, -0.2) is 65.6 Å². The monoisotopic (exact) mass is 498 g/mol. The summed E-state index contributed by atoms with van der Waals surface area (Å²) in [6.07, 6.45) is -2.08. The number of benzene rings is 2. The summed E-state index contributed by atoms with van der Waals surface area (Å²) in [6, 6.07) is 9.45. The van der Waals surface area contributed by atoms with Crippen LogP contribution in [0.25, 0.3) is 5.69 Å². The second-order valence-electron chi connectivity index (χ2n) is 7.34. The van der Waals surface area contributed by atoms with E-state index in [1.807, 2.05) is 0 Å². The van der Waals surface area contributed by atoms with E-state index in [0.29, 0.717) is 5.69 Å². The van der Waals surface area contributed by atoms with Crippen molar-refractivity contribution in [3.63, 3.8) is 0 Å². The largest absolute Gasteiger partial charge is 0.573 e. The fourth-order valence-corrected chi connectivity index (χ4v) is 4.94. The van der Waals surface area contributed by atoms with Crippen LogP contribution in [-0.2, 0) is 10.0 Å². The molecule has 1 aromatic heterocycles. The number of hydrogen-bond donors (Lipinski definition) is 0. The molecule has 1 fully saturated rings. The molecule has 2 aromatic carbocycles. The fraction of sp³-hybridized carbons (Fsp3) is 0.238. The highest BCUT2D eigenvalue weighted by Crippen LogP contribution is 2.26. The maximum atomic E-state index is 13.2. The number of carbonyl (C=O) groups is 1. The van der Waals surface area contributed by atoms with E-state index in [0.717, 1.165) is 28.6 Å². The van der Waals surface area contributed by atoms with E-state index in [1.165, 1.54) is 46.3 Å². The number of aromatic nitrogens is 2. The molecule has 0 saturated carbocycles. The topological polar surface area (TPSA) is 84.7 Å². The van der Waals surface area contributed by atoms with Gasteiger partial charge in [0.2, 0.25) is 10.0 Å². The Labute approximate surface area is 192 Å². The number of amides is 1. The number of alkyl halides is 3. The number of imidazole rings is 1. The lowest BCUT2D eigenvalue weighted by Crippen LogP contribution is -2.50. The number of sulfonamides is 1.